The Morgan fingerprint density at radius 1 is 1.31 bits per heavy atom. The summed E-state index contributed by atoms with van der Waals surface area (Å²) in [7, 11) is 0. The van der Waals surface area contributed by atoms with Crippen LogP contribution < -0.4 is 0 Å². The molecule has 1 aromatic rings. The zero-order chi connectivity index (χ0) is 11.5. The van der Waals surface area contributed by atoms with E-state index in [-0.39, 0.29) is 23.4 Å². The second-order valence-corrected chi connectivity index (χ2v) is 4.39. The van der Waals surface area contributed by atoms with Gasteiger partial charge in [0.25, 0.3) is 0 Å². The number of aromatic nitrogens is 1. The molecule has 0 bridgehead atoms. The van der Waals surface area contributed by atoms with E-state index < -0.39 is 0 Å². The lowest BCUT2D eigenvalue weighted by atomic mass is 9.77. The molecule has 0 aliphatic heterocycles. The summed E-state index contributed by atoms with van der Waals surface area (Å²) in [5, 5.41) is 0. The molecule has 0 saturated heterocycles. The molecule has 1 aliphatic carbocycles. The second-order valence-electron chi connectivity index (χ2n) is 4.39. The van der Waals surface area contributed by atoms with Crippen molar-refractivity contribution in [2.45, 2.75) is 32.1 Å². The van der Waals surface area contributed by atoms with Crippen LogP contribution in [0, 0.1) is 5.92 Å². The van der Waals surface area contributed by atoms with Crippen molar-refractivity contribution in [1.29, 1.82) is 0 Å². The van der Waals surface area contributed by atoms with Crippen molar-refractivity contribution in [3.05, 3.63) is 30.1 Å². The van der Waals surface area contributed by atoms with Crippen molar-refractivity contribution in [1.82, 2.24) is 4.98 Å². The van der Waals surface area contributed by atoms with Gasteiger partial charge in [-0.05, 0) is 43.4 Å². The van der Waals surface area contributed by atoms with E-state index in [1.807, 2.05) is 12.1 Å². The Balaban J connectivity index is 2.08. The Bertz CT molecular complexity index is 400. The highest BCUT2D eigenvalue weighted by atomic mass is 16.1. The van der Waals surface area contributed by atoms with Crippen LogP contribution in [0.15, 0.2) is 24.5 Å². The van der Waals surface area contributed by atoms with Gasteiger partial charge in [-0.3, -0.25) is 14.6 Å². The zero-order valence-electron chi connectivity index (χ0n) is 9.35. The molecule has 1 fully saturated rings. The summed E-state index contributed by atoms with van der Waals surface area (Å²) in [5.41, 5.74) is 1.16. The molecular formula is C13H15NO2. The molecule has 0 amide bonds. The van der Waals surface area contributed by atoms with E-state index in [4.69, 9.17) is 0 Å². The van der Waals surface area contributed by atoms with Crippen LogP contribution in [0.5, 0.6) is 0 Å². The average molecular weight is 217 g/mol. The smallest absolute Gasteiger partial charge is 0.143 e. The van der Waals surface area contributed by atoms with Gasteiger partial charge >= 0.3 is 0 Å². The zero-order valence-corrected chi connectivity index (χ0v) is 9.35. The third-order valence-electron chi connectivity index (χ3n) is 3.31. The van der Waals surface area contributed by atoms with E-state index >= 15 is 0 Å². The van der Waals surface area contributed by atoms with Crippen molar-refractivity contribution in [2.24, 2.45) is 5.92 Å². The van der Waals surface area contributed by atoms with E-state index in [1.165, 1.54) is 6.92 Å². The van der Waals surface area contributed by atoms with Crippen LogP contribution in [-0.2, 0) is 9.59 Å². The Morgan fingerprint density at radius 2 is 2.00 bits per heavy atom. The van der Waals surface area contributed by atoms with Crippen LogP contribution >= 0.6 is 0 Å². The van der Waals surface area contributed by atoms with Gasteiger partial charge in [0, 0.05) is 18.8 Å². The quantitative estimate of drug-likeness (QED) is 0.713. The Labute approximate surface area is 94.9 Å². The topological polar surface area (TPSA) is 47.0 Å². The van der Waals surface area contributed by atoms with Crippen LogP contribution in [0.3, 0.4) is 0 Å². The molecule has 2 rings (SSSR count). The predicted molar refractivity (Wildman–Crippen MR) is 60.0 cm³/mol. The maximum Gasteiger partial charge on any atom is 0.143 e. The molecule has 2 atom stereocenters. The highest BCUT2D eigenvalue weighted by molar-refractivity contribution is 6.02. The van der Waals surface area contributed by atoms with Crippen LogP contribution in [0.4, 0.5) is 0 Å². The fourth-order valence-electron chi connectivity index (χ4n) is 2.37. The maximum atomic E-state index is 11.8. The number of hydrogen-bond acceptors (Lipinski definition) is 3. The van der Waals surface area contributed by atoms with Gasteiger partial charge in [-0.1, -0.05) is 0 Å². The first-order chi connectivity index (χ1) is 7.68. The fraction of sp³-hybridized carbons (Fsp3) is 0.462. The first-order valence-corrected chi connectivity index (χ1v) is 5.61. The monoisotopic (exact) mass is 217 g/mol. The summed E-state index contributed by atoms with van der Waals surface area (Å²) in [5.74, 6) is 0.0305. The Morgan fingerprint density at radius 3 is 2.56 bits per heavy atom. The number of Topliss-reactive ketones (excluding diaryl/α,β-unsaturated/α-hetero) is 2. The molecule has 0 spiro atoms. The number of ketones is 2. The lowest BCUT2D eigenvalue weighted by molar-refractivity contribution is -0.133. The summed E-state index contributed by atoms with van der Waals surface area (Å²) in [6, 6.07) is 3.90. The largest absolute Gasteiger partial charge is 0.299 e. The maximum absolute atomic E-state index is 11.8. The van der Waals surface area contributed by atoms with E-state index in [0.29, 0.717) is 12.8 Å². The highest BCUT2D eigenvalue weighted by Crippen LogP contribution is 2.33. The summed E-state index contributed by atoms with van der Waals surface area (Å²) in [6.45, 7) is 1.51. The average Bonchev–Trinajstić information content (AvgIpc) is 2.29. The molecule has 1 saturated carbocycles. The van der Waals surface area contributed by atoms with Crippen molar-refractivity contribution in [3.8, 4) is 0 Å². The van der Waals surface area contributed by atoms with Gasteiger partial charge in [0.05, 0.1) is 5.92 Å². The fourth-order valence-corrected chi connectivity index (χ4v) is 2.37. The minimum Gasteiger partial charge on any atom is -0.299 e. The molecule has 0 N–H and O–H groups in total. The summed E-state index contributed by atoms with van der Waals surface area (Å²) >= 11 is 0. The molecule has 2 unspecified atom stereocenters. The van der Waals surface area contributed by atoms with Crippen molar-refractivity contribution in [3.63, 3.8) is 0 Å². The van der Waals surface area contributed by atoms with Crippen LogP contribution in [0.2, 0.25) is 0 Å². The molecule has 3 nitrogen and oxygen atoms in total. The molecule has 3 heteroatoms. The van der Waals surface area contributed by atoms with Crippen molar-refractivity contribution < 1.29 is 9.59 Å². The van der Waals surface area contributed by atoms with Crippen LogP contribution in [0.1, 0.15) is 37.7 Å². The SMILES string of the molecule is CC(=O)C1CCC(c2ccncc2)CC1=O. The summed E-state index contributed by atoms with van der Waals surface area (Å²) in [4.78, 5) is 27.0. The van der Waals surface area contributed by atoms with E-state index in [9.17, 15) is 9.59 Å². The van der Waals surface area contributed by atoms with Crippen LogP contribution in [-0.4, -0.2) is 16.6 Å². The Hall–Kier alpha value is -1.51. The van der Waals surface area contributed by atoms with Crippen molar-refractivity contribution in [2.75, 3.05) is 0 Å². The van der Waals surface area contributed by atoms with Crippen molar-refractivity contribution >= 4 is 11.6 Å². The minimum absolute atomic E-state index is 0.0122. The van der Waals surface area contributed by atoms with Gasteiger partial charge in [-0.15, -0.1) is 0 Å². The number of hydrogen-bond donors (Lipinski definition) is 0. The van der Waals surface area contributed by atoms with Gasteiger partial charge in [0.15, 0.2) is 0 Å². The number of carbonyl (C=O) groups is 2. The normalized spacial score (nSPS) is 25.4. The molecule has 0 radical (unpaired) electrons. The minimum atomic E-state index is -0.349. The summed E-state index contributed by atoms with van der Waals surface area (Å²) < 4.78 is 0. The van der Waals surface area contributed by atoms with Gasteiger partial charge in [-0.25, -0.2) is 0 Å². The molecule has 0 aromatic carbocycles. The molecule has 1 aliphatic rings. The molecule has 16 heavy (non-hydrogen) atoms. The lowest BCUT2D eigenvalue weighted by Gasteiger charge is -2.26. The second kappa shape index (κ2) is 4.56. The highest BCUT2D eigenvalue weighted by Gasteiger charge is 2.31. The standard InChI is InChI=1S/C13H15NO2/c1-9(15)12-3-2-11(8-13(12)16)10-4-6-14-7-5-10/h4-7,11-12H,2-3,8H2,1H3. The first-order valence-electron chi connectivity index (χ1n) is 5.61. The third kappa shape index (κ3) is 2.18. The molecule has 1 heterocycles. The molecule has 1 aromatic heterocycles. The number of rotatable bonds is 2. The number of nitrogens with zero attached hydrogens (tertiary/aromatic N) is 1. The van der Waals surface area contributed by atoms with Gasteiger partial charge in [-0.2, -0.15) is 0 Å². The molecular weight excluding hydrogens is 202 g/mol. The molecule has 84 valence electrons. The van der Waals surface area contributed by atoms with E-state index in [0.717, 1.165) is 12.0 Å². The van der Waals surface area contributed by atoms with Gasteiger partial charge < -0.3 is 0 Å². The van der Waals surface area contributed by atoms with E-state index in [2.05, 4.69) is 4.98 Å². The Kier molecular flexibility index (Phi) is 3.13. The predicted octanol–water partition coefficient (Wildman–Crippen LogP) is 2.12. The van der Waals surface area contributed by atoms with Gasteiger partial charge in [0.2, 0.25) is 0 Å². The third-order valence-corrected chi connectivity index (χ3v) is 3.31. The van der Waals surface area contributed by atoms with Crippen LogP contribution in [0.25, 0.3) is 0 Å². The van der Waals surface area contributed by atoms with Gasteiger partial charge in [0.1, 0.15) is 11.6 Å². The number of pyridine rings is 1. The first kappa shape index (κ1) is 11.0. The number of carbonyl (C=O) groups excluding carboxylic acids is 2. The lowest BCUT2D eigenvalue weighted by Crippen LogP contribution is -2.28. The summed E-state index contributed by atoms with van der Waals surface area (Å²) in [6.07, 6.45) is 5.60. The van der Waals surface area contributed by atoms with E-state index in [1.54, 1.807) is 12.4 Å².